The molecule has 3 heteroatoms. The van der Waals surface area contributed by atoms with Gasteiger partial charge in [-0.15, -0.1) is 0 Å². The fourth-order valence-electron chi connectivity index (χ4n) is 3.22. The number of hydrogen-bond donors (Lipinski definition) is 2. The molecular weight excluding hydrogens is 212 g/mol. The number of aliphatic hydroxyl groups is 1. The molecule has 1 aromatic carbocycles. The third-order valence-electron chi connectivity index (χ3n) is 4.07. The van der Waals surface area contributed by atoms with Crippen molar-refractivity contribution in [2.45, 2.75) is 38.0 Å². The predicted molar refractivity (Wildman–Crippen MR) is 69.0 cm³/mol. The molecule has 0 spiro atoms. The van der Waals surface area contributed by atoms with Crippen LogP contribution in [0.1, 0.15) is 24.8 Å². The van der Waals surface area contributed by atoms with Gasteiger partial charge in [-0.2, -0.15) is 0 Å². The lowest BCUT2D eigenvalue weighted by Gasteiger charge is -2.22. The summed E-state index contributed by atoms with van der Waals surface area (Å²) in [6, 6.07) is 9.44. The van der Waals surface area contributed by atoms with Crippen molar-refractivity contribution in [3.05, 3.63) is 29.8 Å². The first-order valence-corrected chi connectivity index (χ1v) is 6.57. The van der Waals surface area contributed by atoms with E-state index >= 15 is 0 Å². The average Bonchev–Trinajstić information content (AvgIpc) is 2.94. The van der Waals surface area contributed by atoms with Crippen molar-refractivity contribution in [2.24, 2.45) is 0 Å². The molecular formula is C14H20N2O. The smallest absolute Gasteiger partial charge is 0.0682 e. The van der Waals surface area contributed by atoms with E-state index in [0.29, 0.717) is 6.04 Å². The maximum absolute atomic E-state index is 9.14. The van der Waals surface area contributed by atoms with E-state index in [9.17, 15) is 0 Å². The van der Waals surface area contributed by atoms with E-state index in [1.807, 2.05) is 12.1 Å². The van der Waals surface area contributed by atoms with Crippen LogP contribution in [0.5, 0.6) is 0 Å². The average molecular weight is 232 g/mol. The summed E-state index contributed by atoms with van der Waals surface area (Å²) in [5.74, 6) is 0. The van der Waals surface area contributed by atoms with Gasteiger partial charge in [-0.05, 0) is 43.5 Å². The normalized spacial score (nSPS) is 28.3. The first-order chi connectivity index (χ1) is 8.36. The molecule has 1 aromatic rings. The number of rotatable bonds is 3. The quantitative estimate of drug-likeness (QED) is 0.834. The molecule has 2 unspecified atom stereocenters. The molecule has 0 aromatic heterocycles. The monoisotopic (exact) mass is 232 g/mol. The summed E-state index contributed by atoms with van der Waals surface area (Å²) in [5, 5.41) is 12.8. The van der Waals surface area contributed by atoms with Crippen molar-refractivity contribution < 1.29 is 5.11 Å². The maximum atomic E-state index is 9.14. The van der Waals surface area contributed by atoms with Crippen LogP contribution in [0.2, 0.25) is 0 Å². The minimum absolute atomic E-state index is 0.121. The largest absolute Gasteiger partial charge is 0.392 e. The molecule has 2 atom stereocenters. The van der Waals surface area contributed by atoms with Crippen LogP contribution in [0.4, 0.5) is 5.69 Å². The summed E-state index contributed by atoms with van der Waals surface area (Å²) >= 11 is 0. The van der Waals surface area contributed by atoms with Crippen molar-refractivity contribution in [3.63, 3.8) is 0 Å². The Balaban J connectivity index is 1.70. The number of benzene rings is 1. The Morgan fingerprint density at radius 3 is 3.12 bits per heavy atom. The Bertz CT molecular complexity index is 394. The molecule has 2 N–H and O–H groups in total. The second-order valence-electron chi connectivity index (χ2n) is 5.14. The lowest BCUT2D eigenvalue weighted by atomic mass is 10.1. The third-order valence-corrected chi connectivity index (χ3v) is 4.07. The van der Waals surface area contributed by atoms with Crippen molar-refractivity contribution in [1.29, 1.82) is 0 Å². The Labute approximate surface area is 102 Å². The fraction of sp³-hybridized carbons (Fsp3) is 0.571. The summed E-state index contributed by atoms with van der Waals surface area (Å²) in [4.78, 5) is 2.60. The van der Waals surface area contributed by atoms with E-state index < -0.39 is 0 Å². The van der Waals surface area contributed by atoms with Gasteiger partial charge < -0.3 is 10.4 Å². The lowest BCUT2D eigenvalue weighted by Crippen LogP contribution is -2.33. The molecule has 0 amide bonds. The van der Waals surface area contributed by atoms with Gasteiger partial charge in [0.15, 0.2) is 0 Å². The summed E-state index contributed by atoms with van der Waals surface area (Å²) in [7, 11) is 0. The van der Waals surface area contributed by atoms with E-state index in [2.05, 4.69) is 22.3 Å². The number of hydrogen-bond acceptors (Lipinski definition) is 3. The minimum atomic E-state index is 0.121. The Kier molecular flexibility index (Phi) is 3.04. The van der Waals surface area contributed by atoms with E-state index in [0.717, 1.165) is 17.3 Å². The molecule has 2 heterocycles. The van der Waals surface area contributed by atoms with Gasteiger partial charge in [-0.25, -0.2) is 0 Å². The summed E-state index contributed by atoms with van der Waals surface area (Å²) < 4.78 is 0. The zero-order valence-electron chi connectivity index (χ0n) is 10.1. The van der Waals surface area contributed by atoms with E-state index in [4.69, 9.17) is 5.11 Å². The maximum Gasteiger partial charge on any atom is 0.0682 e. The number of aliphatic hydroxyl groups excluding tert-OH is 1. The molecule has 0 radical (unpaired) electrons. The van der Waals surface area contributed by atoms with Gasteiger partial charge in [0.2, 0.25) is 0 Å². The molecule has 2 aliphatic heterocycles. The summed E-state index contributed by atoms with van der Waals surface area (Å²) in [6.45, 7) is 2.64. The van der Waals surface area contributed by atoms with Gasteiger partial charge in [-0.3, -0.25) is 4.90 Å². The van der Waals surface area contributed by atoms with Crippen molar-refractivity contribution in [1.82, 2.24) is 4.90 Å². The standard InChI is InChI=1S/C14H20N2O/c17-10-11-3-1-4-12(9-11)15-13-6-8-16-7-2-5-14(13)16/h1,3-4,9,13-15,17H,2,5-8,10H2. The number of fused-ring (bicyclic) bond motifs is 1. The molecule has 92 valence electrons. The van der Waals surface area contributed by atoms with Crippen molar-refractivity contribution >= 4 is 5.69 Å². The Morgan fingerprint density at radius 1 is 1.29 bits per heavy atom. The molecule has 2 aliphatic rings. The van der Waals surface area contributed by atoms with E-state index in [1.165, 1.54) is 32.4 Å². The highest BCUT2D eigenvalue weighted by Gasteiger charge is 2.36. The van der Waals surface area contributed by atoms with Gasteiger partial charge in [0.05, 0.1) is 6.61 Å². The highest BCUT2D eigenvalue weighted by molar-refractivity contribution is 5.47. The second-order valence-corrected chi connectivity index (χ2v) is 5.14. The zero-order valence-corrected chi connectivity index (χ0v) is 10.1. The molecule has 3 rings (SSSR count). The van der Waals surface area contributed by atoms with Crippen LogP contribution in [0.3, 0.4) is 0 Å². The van der Waals surface area contributed by atoms with Gasteiger partial charge in [0.25, 0.3) is 0 Å². The van der Waals surface area contributed by atoms with Crippen LogP contribution in [-0.4, -0.2) is 35.2 Å². The molecule has 0 aliphatic carbocycles. The lowest BCUT2D eigenvalue weighted by molar-refractivity contribution is 0.282. The van der Waals surface area contributed by atoms with Crippen LogP contribution in [0, 0.1) is 0 Å². The van der Waals surface area contributed by atoms with Gasteiger partial charge >= 0.3 is 0 Å². The second kappa shape index (κ2) is 4.67. The van der Waals surface area contributed by atoms with Crippen LogP contribution >= 0.6 is 0 Å². The SMILES string of the molecule is OCc1cccc(NC2CCN3CCCC23)c1. The number of anilines is 1. The topological polar surface area (TPSA) is 35.5 Å². The Morgan fingerprint density at radius 2 is 2.24 bits per heavy atom. The highest BCUT2D eigenvalue weighted by Crippen LogP contribution is 2.30. The van der Waals surface area contributed by atoms with Gasteiger partial charge in [-0.1, -0.05) is 12.1 Å². The van der Waals surface area contributed by atoms with Crippen LogP contribution in [0.15, 0.2) is 24.3 Å². The van der Waals surface area contributed by atoms with Gasteiger partial charge in [0.1, 0.15) is 0 Å². The summed E-state index contributed by atoms with van der Waals surface area (Å²) in [6.07, 6.45) is 3.92. The summed E-state index contributed by atoms with van der Waals surface area (Å²) in [5.41, 5.74) is 2.13. The molecule has 0 saturated carbocycles. The molecule has 2 fully saturated rings. The fourth-order valence-corrected chi connectivity index (χ4v) is 3.22. The molecule has 17 heavy (non-hydrogen) atoms. The minimum Gasteiger partial charge on any atom is -0.392 e. The highest BCUT2D eigenvalue weighted by atomic mass is 16.3. The van der Waals surface area contributed by atoms with E-state index in [1.54, 1.807) is 0 Å². The van der Waals surface area contributed by atoms with Crippen molar-refractivity contribution in [3.8, 4) is 0 Å². The van der Waals surface area contributed by atoms with Crippen molar-refractivity contribution in [2.75, 3.05) is 18.4 Å². The molecule has 2 saturated heterocycles. The Hall–Kier alpha value is -1.06. The third kappa shape index (κ3) is 2.17. The van der Waals surface area contributed by atoms with E-state index in [-0.39, 0.29) is 6.61 Å². The zero-order chi connectivity index (χ0) is 11.7. The first-order valence-electron chi connectivity index (χ1n) is 6.57. The first kappa shape index (κ1) is 11.1. The molecule has 3 nitrogen and oxygen atoms in total. The molecule has 0 bridgehead atoms. The van der Waals surface area contributed by atoms with Crippen LogP contribution in [-0.2, 0) is 6.61 Å². The predicted octanol–water partition coefficient (Wildman–Crippen LogP) is 1.83. The van der Waals surface area contributed by atoms with Gasteiger partial charge in [0, 0.05) is 24.3 Å². The number of nitrogens with zero attached hydrogens (tertiary/aromatic N) is 1. The number of nitrogens with one attached hydrogen (secondary N) is 1. The van der Waals surface area contributed by atoms with Crippen LogP contribution in [0.25, 0.3) is 0 Å². The van der Waals surface area contributed by atoms with Crippen LogP contribution < -0.4 is 5.32 Å².